The van der Waals surface area contributed by atoms with Crippen LogP contribution >= 0.6 is 11.6 Å². The molecule has 86 valence electrons. The van der Waals surface area contributed by atoms with E-state index in [2.05, 4.69) is 11.6 Å². The summed E-state index contributed by atoms with van der Waals surface area (Å²) < 4.78 is 0. The van der Waals surface area contributed by atoms with Crippen LogP contribution in [-0.4, -0.2) is 28.4 Å². The van der Waals surface area contributed by atoms with Crippen molar-refractivity contribution >= 4 is 17.5 Å². The average molecular weight is 239 g/mol. The Morgan fingerprint density at radius 2 is 2.38 bits per heavy atom. The molecule has 0 unspecified atom stereocenters. The molecule has 1 amide bonds. The van der Waals surface area contributed by atoms with Gasteiger partial charge in [-0.05, 0) is 26.0 Å². The molecule has 1 heterocycles. The summed E-state index contributed by atoms with van der Waals surface area (Å²) in [4.78, 5) is 17.8. The van der Waals surface area contributed by atoms with Crippen LogP contribution in [-0.2, 0) is 0 Å². The van der Waals surface area contributed by atoms with E-state index in [0.29, 0.717) is 17.3 Å². The number of aromatic nitrogens is 1. The number of pyridine rings is 1. The number of hydrogen-bond acceptors (Lipinski definition) is 2. The predicted molar refractivity (Wildman–Crippen MR) is 65.6 cm³/mol. The lowest BCUT2D eigenvalue weighted by Crippen LogP contribution is -2.37. The lowest BCUT2D eigenvalue weighted by Gasteiger charge is -2.24. The fourth-order valence-corrected chi connectivity index (χ4v) is 1.50. The zero-order chi connectivity index (χ0) is 12.1. The maximum Gasteiger partial charge on any atom is 0.273 e. The van der Waals surface area contributed by atoms with Crippen molar-refractivity contribution in [3.8, 4) is 0 Å². The van der Waals surface area contributed by atoms with Crippen LogP contribution in [0.4, 0.5) is 0 Å². The van der Waals surface area contributed by atoms with Crippen LogP contribution in [0.25, 0.3) is 0 Å². The van der Waals surface area contributed by atoms with Crippen molar-refractivity contribution < 1.29 is 4.79 Å². The van der Waals surface area contributed by atoms with E-state index in [0.717, 1.165) is 0 Å². The number of hydrogen-bond donors (Lipinski definition) is 0. The Labute approximate surface area is 101 Å². The lowest BCUT2D eigenvalue weighted by molar-refractivity contribution is 0.0723. The topological polar surface area (TPSA) is 33.2 Å². The molecule has 0 spiro atoms. The smallest absolute Gasteiger partial charge is 0.273 e. The van der Waals surface area contributed by atoms with Crippen molar-refractivity contribution in [3.05, 3.63) is 41.7 Å². The number of carbonyl (C=O) groups is 1. The van der Waals surface area contributed by atoms with Gasteiger partial charge in [-0.3, -0.25) is 9.78 Å². The second-order valence-electron chi connectivity index (χ2n) is 3.70. The first-order valence-electron chi connectivity index (χ1n) is 5.09. The van der Waals surface area contributed by atoms with Gasteiger partial charge in [0.1, 0.15) is 5.69 Å². The molecule has 0 aliphatic rings. The molecule has 0 saturated heterocycles. The predicted octanol–water partition coefficient (Wildman–Crippen LogP) is 2.77. The highest BCUT2D eigenvalue weighted by Crippen LogP contribution is 2.11. The minimum atomic E-state index is -0.127. The summed E-state index contributed by atoms with van der Waals surface area (Å²) in [6, 6.07) is 3.32. The third-order valence-electron chi connectivity index (χ3n) is 2.15. The SMILES string of the molecule is C=CCN(C(=O)c1cc(Cl)ccn1)C(C)C. The van der Waals surface area contributed by atoms with Gasteiger partial charge in [0.15, 0.2) is 0 Å². The fraction of sp³-hybridized carbons (Fsp3) is 0.333. The Morgan fingerprint density at radius 1 is 1.69 bits per heavy atom. The molecule has 0 fully saturated rings. The monoisotopic (exact) mass is 238 g/mol. The Bertz CT molecular complexity index is 390. The molecule has 0 bridgehead atoms. The van der Waals surface area contributed by atoms with E-state index in [1.807, 2.05) is 13.8 Å². The third-order valence-corrected chi connectivity index (χ3v) is 2.39. The van der Waals surface area contributed by atoms with Gasteiger partial charge in [0.25, 0.3) is 5.91 Å². The third kappa shape index (κ3) is 3.07. The van der Waals surface area contributed by atoms with Crippen LogP contribution in [0.3, 0.4) is 0 Å². The van der Waals surface area contributed by atoms with Crippen molar-refractivity contribution in [2.45, 2.75) is 19.9 Å². The second-order valence-corrected chi connectivity index (χ2v) is 4.14. The first-order chi connectivity index (χ1) is 7.56. The van der Waals surface area contributed by atoms with Crippen molar-refractivity contribution in [3.63, 3.8) is 0 Å². The first kappa shape index (κ1) is 12.7. The Morgan fingerprint density at radius 3 is 2.88 bits per heavy atom. The van der Waals surface area contributed by atoms with Gasteiger partial charge in [0.2, 0.25) is 0 Å². The molecule has 0 N–H and O–H groups in total. The normalized spacial score (nSPS) is 10.2. The van der Waals surface area contributed by atoms with Gasteiger partial charge in [-0.25, -0.2) is 0 Å². The molecule has 3 nitrogen and oxygen atoms in total. The molecule has 4 heteroatoms. The highest BCUT2D eigenvalue weighted by molar-refractivity contribution is 6.30. The lowest BCUT2D eigenvalue weighted by atomic mass is 10.2. The summed E-state index contributed by atoms with van der Waals surface area (Å²) in [5.41, 5.74) is 0.364. The van der Waals surface area contributed by atoms with Gasteiger partial charge in [-0.15, -0.1) is 6.58 Å². The maximum absolute atomic E-state index is 12.1. The summed E-state index contributed by atoms with van der Waals surface area (Å²) in [6.45, 7) is 8.04. The van der Waals surface area contributed by atoms with Crippen LogP contribution in [0.15, 0.2) is 31.0 Å². The standard InChI is InChI=1S/C12H15ClN2O/c1-4-7-15(9(2)3)12(16)11-8-10(13)5-6-14-11/h4-6,8-9H,1,7H2,2-3H3. The fourth-order valence-electron chi connectivity index (χ4n) is 1.34. The van der Waals surface area contributed by atoms with Crippen molar-refractivity contribution in [2.24, 2.45) is 0 Å². The molecule has 0 aliphatic heterocycles. The van der Waals surface area contributed by atoms with Gasteiger partial charge >= 0.3 is 0 Å². The van der Waals surface area contributed by atoms with Gasteiger partial charge in [-0.2, -0.15) is 0 Å². The number of carbonyl (C=O) groups excluding carboxylic acids is 1. The quantitative estimate of drug-likeness (QED) is 0.756. The molecular formula is C12H15ClN2O. The number of halogens is 1. The first-order valence-corrected chi connectivity index (χ1v) is 5.47. The molecular weight excluding hydrogens is 224 g/mol. The highest BCUT2D eigenvalue weighted by Gasteiger charge is 2.18. The second kappa shape index (κ2) is 5.66. The summed E-state index contributed by atoms with van der Waals surface area (Å²) in [5.74, 6) is -0.127. The molecule has 16 heavy (non-hydrogen) atoms. The van der Waals surface area contributed by atoms with Crippen LogP contribution in [0, 0.1) is 0 Å². The average Bonchev–Trinajstić information content (AvgIpc) is 2.24. The minimum Gasteiger partial charge on any atom is -0.331 e. The molecule has 0 saturated carbocycles. The molecule has 0 radical (unpaired) electrons. The van der Waals surface area contributed by atoms with E-state index in [1.165, 1.54) is 6.20 Å². The van der Waals surface area contributed by atoms with E-state index in [1.54, 1.807) is 23.1 Å². The zero-order valence-corrected chi connectivity index (χ0v) is 10.2. The molecule has 0 aromatic carbocycles. The summed E-state index contributed by atoms with van der Waals surface area (Å²) in [7, 11) is 0. The summed E-state index contributed by atoms with van der Waals surface area (Å²) in [5, 5.41) is 0.514. The van der Waals surface area contributed by atoms with Crippen LogP contribution in [0.2, 0.25) is 5.02 Å². The largest absolute Gasteiger partial charge is 0.331 e. The minimum absolute atomic E-state index is 0.103. The number of nitrogens with zero attached hydrogens (tertiary/aromatic N) is 2. The highest BCUT2D eigenvalue weighted by atomic mass is 35.5. The molecule has 1 aromatic rings. The van der Waals surface area contributed by atoms with E-state index in [9.17, 15) is 4.79 Å². The van der Waals surface area contributed by atoms with Crippen molar-refractivity contribution in [2.75, 3.05) is 6.54 Å². The van der Waals surface area contributed by atoms with Crippen LogP contribution in [0.5, 0.6) is 0 Å². The van der Waals surface area contributed by atoms with Crippen molar-refractivity contribution in [1.82, 2.24) is 9.88 Å². The number of amides is 1. The Kier molecular flexibility index (Phi) is 4.50. The maximum atomic E-state index is 12.1. The van der Waals surface area contributed by atoms with Gasteiger partial charge in [0, 0.05) is 23.8 Å². The van der Waals surface area contributed by atoms with Gasteiger partial charge in [-0.1, -0.05) is 17.7 Å². The van der Waals surface area contributed by atoms with Gasteiger partial charge in [0.05, 0.1) is 0 Å². The summed E-state index contributed by atoms with van der Waals surface area (Å²) >= 11 is 5.82. The Balaban J connectivity index is 2.94. The van der Waals surface area contributed by atoms with Crippen molar-refractivity contribution in [1.29, 1.82) is 0 Å². The molecule has 0 aliphatic carbocycles. The van der Waals surface area contributed by atoms with E-state index in [4.69, 9.17) is 11.6 Å². The molecule has 1 aromatic heterocycles. The van der Waals surface area contributed by atoms with E-state index in [-0.39, 0.29) is 11.9 Å². The van der Waals surface area contributed by atoms with E-state index >= 15 is 0 Å². The van der Waals surface area contributed by atoms with Crippen LogP contribution < -0.4 is 0 Å². The summed E-state index contributed by atoms with van der Waals surface area (Å²) in [6.07, 6.45) is 3.23. The molecule has 1 rings (SSSR count). The van der Waals surface area contributed by atoms with Gasteiger partial charge < -0.3 is 4.90 Å². The number of rotatable bonds is 4. The van der Waals surface area contributed by atoms with E-state index < -0.39 is 0 Å². The Hall–Kier alpha value is -1.35. The zero-order valence-electron chi connectivity index (χ0n) is 9.48. The molecule has 0 atom stereocenters. The van der Waals surface area contributed by atoms with Crippen LogP contribution in [0.1, 0.15) is 24.3 Å².